The molecule has 1 saturated heterocycles. The minimum Gasteiger partial charge on any atom is -0.486 e. The molecule has 0 radical (unpaired) electrons. The molecule has 1 unspecified atom stereocenters. The maximum absolute atomic E-state index is 13.0. The number of ether oxygens (including phenoxy) is 3. The molecule has 2 aromatic carbocycles. The van der Waals surface area contributed by atoms with Crippen molar-refractivity contribution < 1.29 is 37.0 Å². The molecule has 2 heterocycles. The van der Waals surface area contributed by atoms with E-state index in [2.05, 4.69) is 5.32 Å². The van der Waals surface area contributed by atoms with Crippen LogP contribution in [0.3, 0.4) is 0 Å². The smallest absolute Gasteiger partial charge is 0.416 e. The summed E-state index contributed by atoms with van der Waals surface area (Å²) in [7, 11) is 1.68. The van der Waals surface area contributed by atoms with Crippen LogP contribution in [0.1, 0.15) is 12.0 Å². The van der Waals surface area contributed by atoms with Gasteiger partial charge in [0.05, 0.1) is 11.3 Å². The van der Waals surface area contributed by atoms with Gasteiger partial charge in [-0.25, -0.2) is 0 Å². The topological polar surface area (TPSA) is 77.1 Å². The first-order chi connectivity index (χ1) is 14.7. The molecule has 1 amide bonds. The molecule has 0 bridgehead atoms. The number of halogens is 3. The summed E-state index contributed by atoms with van der Waals surface area (Å²) < 4.78 is 55.7. The van der Waals surface area contributed by atoms with Gasteiger partial charge in [0.15, 0.2) is 17.3 Å². The van der Waals surface area contributed by atoms with E-state index in [4.69, 9.17) is 14.2 Å². The van der Waals surface area contributed by atoms with Gasteiger partial charge in [0, 0.05) is 25.1 Å². The predicted octanol–water partition coefficient (Wildman–Crippen LogP) is 3.48. The number of carbonyl (C=O) groups excluding carboxylic acids is 2. The first-order valence-electron chi connectivity index (χ1n) is 9.55. The monoisotopic (exact) mass is 436 g/mol. The lowest BCUT2D eigenvalue weighted by Gasteiger charge is -2.24. The molecule has 2 aliphatic heterocycles. The van der Waals surface area contributed by atoms with Crippen molar-refractivity contribution >= 4 is 17.4 Å². The number of likely N-dealkylation sites (N-methyl/N-ethyl adjacent to an activating group) is 1. The van der Waals surface area contributed by atoms with Crippen LogP contribution in [0.25, 0.3) is 0 Å². The highest BCUT2D eigenvalue weighted by atomic mass is 19.4. The van der Waals surface area contributed by atoms with Crippen molar-refractivity contribution in [2.45, 2.75) is 18.6 Å². The summed E-state index contributed by atoms with van der Waals surface area (Å²) in [5.41, 5.74) is -0.642. The van der Waals surface area contributed by atoms with Crippen LogP contribution < -0.4 is 19.5 Å². The molecule has 164 valence electrons. The van der Waals surface area contributed by atoms with Crippen LogP contribution in [0.4, 0.5) is 18.9 Å². The summed E-state index contributed by atoms with van der Waals surface area (Å²) in [6.45, 7) is 0.997. The van der Waals surface area contributed by atoms with Crippen molar-refractivity contribution in [3.05, 3.63) is 42.0 Å². The van der Waals surface area contributed by atoms with Crippen LogP contribution in [-0.2, 0) is 15.8 Å². The van der Waals surface area contributed by atoms with Crippen molar-refractivity contribution in [1.82, 2.24) is 4.90 Å². The molecule has 1 atom stereocenters. The fourth-order valence-electron chi connectivity index (χ4n) is 3.50. The van der Waals surface area contributed by atoms with Gasteiger partial charge in [0.2, 0.25) is 5.91 Å². The lowest BCUT2D eigenvalue weighted by molar-refractivity contribution is -0.137. The Morgan fingerprint density at radius 2 is 1.94 bits per heavy atom. The van der Waals surface area contributed by atoms with E-state index in [-0.39, 0.29) is 54.1 Å². The standard InChI is InChI=1S/C21H19F3N2O5/c1-26-6-5-16(27)18(26)20(28)25-15-10-14(11-17-19(15)30-8-7-29-17)31-13-4-2-3-12(9-13)21(22,23)24/h2-4,9-11,18H,5-8H2,1H3,(H,25,28). The molecule has 0 saturated carbocycles. The third-order valence-electron chi connectivity index (χ3n) is 4.98. The van der Waals surface area contributed by atoms with Gasteiger partial charge in [0.25, 0.3) is 0 Å². The van der Waals surface area contributed by atoms with Crippen molar-refractivity contribution in [3.8, 4) is 23.0 Å². The number of likely N-dealkylation sites (tertiary alicyclic amines) is 1. The Labute approximate surface area is 175 Å². The Morgan fingerprint density at radius 1 is 1.16 bits per heavy atom. The fraction of sp³-hybridized carbons (Fsp3) is 0.333. The number of amides is 1. The molecule has 2 aliphatic rings. The van der Waals surface area contributed by atoms with Crippen LogP contribution in [0.2, 0.25) is 0 Å². The van der Waals surface area contributed by atoms with E-state index in [1.165, 1.54) is 24.3 Å². The molecular formula is C21H19F3N2O5. The number of nitrogens with zero attached hydrogens (tertiary/aromatic N) is 1. The largest absolute Gasteiger partial charge is 0.486 e. The summed E-state index contributed by atoms with van der Waals surface area (Å²) in [6.07, 6.45) is -4.23. The Balaban J connectivity index is 1.63. The Kier molecular flexibility index (Phi) is 5.48. The van der Waals surface area contributed by atoms with Crippen LogP contribution >= 0.6 is 0 Å². The van der Waals surface area contributed by atoms with Gasteiger partial charge in [0.1, 0.15) is 30.8 Å². The van der Waals surface area contributed by atoms with Crippen molar-refractivity contribution in [1.29, 1.82) is 0 Å². The molecule has 4 rings (SSSR count). The molecule has 1 fully saturated rings. The van der Waals surface area contributed by atoms with E-state index in [0.717, 1.165) is 12.1 Å². The summed E-state index contributed by atoms with van der Waals surface area (Å²) in [5, 5.41) is 2.67. The average Bonchev–Trinajstić information content (AvgIpc) is 3.06. The van der Waals surface area contributed by atoms with Gasteiger partial charge < -0.3 is 19.5 Å². The Hall–Kier alpha value is -3.27. The van der Waals surface area contributed by atoms with Gasteiger partial charge in [-0.15, -0.1) is 0 Å². The molecule has 1 N–H and O–H groups in total. The Bertz CT molecular complexity index is 1020. The zero-order valence-corrected chi connectivity index (χ0v) is 16.5. The molecule has 31 heavy (non-hydrogen) atoms. The number of fused-ring (bicyclic) bond motifs is 1. The number of rotatable bonds is 4. The van der Waals surface area contributed by atoms with Crippen LogP contribution in [0.5, 0.6) is 23.0 Å². The van der Waals surface area contributed by atoms with Gasteiger partial charge in [-0.2, -0.15) is 13.2 Å². The molecule has 7 nitrogen and oxygen atoms in total. The third-order valence-corrected chi connectivity index (χ3v) is 4.98. The van der Waals surface area contributed by atoms with E-state index in [9.17, 15) is 22.8 Å². The maximum atomic E-state index is 13.0. The number of hydrogen-bond acceptors (Lipinski definition) is 6. The highest BCUT2D eigenvalue weighted by Gasteiger charge is 2.36. The third kappa shape index (κ3) is 4.43. The molecular weight excluding hydrogens is 417 g/mol. The molecule has 2 aromatic rings. The number of anilines is 1. The number of alkyl halides is 3. The number of nitrogens with one attached hydrogen (secondary N) is 1. The van der Waals surface area contributed by atoms with Crippen LogP contribution in [0, 0.1) is 0 Å². The number of hydrogen-bond donors (Lipinski definition) is 1. The van der Waals surface area contributed by atoms with Crippen molar-refractivity contribution in [2.24, 2.45) is 0 Å². The summed E-state index contributed by atoms with van der Waals surface area (Å²) in [5.74, 6) is -0.0688. The van der Waals surface area contributed by atoms with Crippen molar-refractivity contribution in [3.63, 3.8) is 0 Å². The van der Waals surface area contributed by atoms with E-state index < -0.39 is 23.7 Å². The average molecular weight is 436 g/mol. The first kappa shape index (κ1) is 21.0. The van der Waals surface area contributed by atoms with E-state index in [1.807, 2.05) is 0 Å². The van der Waals surface area contributed by atoms with Gasteiger partial charge in [-0.1, -0.05) is 6.07 Å². The minimum absolute atomic E-state index is 0.0329. The highest BCUT2D eigenvalue weighted by Crippen LogP contribution is 2.43. The number of ketones is 1. The maximum Gasteiger partial charge on any atom is 0.416 e. The SMILES string of the molecule is CN1CCC(=O)C1C(=O)Nc1cc(Oc2cccc(C(F)(F)F)c2)cc2c1OCCO2. The van der Waals surface area contributed by atoms with Gasteiger partial charge in [-0.3, -0.25) is 14.5 Å². The van der Waals surface area contributed by atoms with Crippen LogP contribution in [-0.4, -0.2) is 49.4 Å². The quantitative estimate of drug-likeness (QED) is 0.740. The fourth-order valence-corrected chi connectivity index (χ4v) is 3.50. The molecule has 0 aliphatic carbocycles. The summed E-state index contributed by atoms with van der Waals surface area (Å²) in [4.78, 5) is 26.4. The first-order valence-corrected chi connectivity index (χ1v) is 9.55. The van der Waals surface area contributed by atoms with E-state index in [1.54, 1.807) is 11.9 Å². The lowest BCUT2D eigenvalue weighted by Crippen LogP contribution is -2.41. The zero-order chi connectivity index (χ0) is 22.2. The van der Waals surface area contributed by atoms with E-state index in [0.29, 0.717) is 6.54 Å². The highest BCUT2D eigenvalue weighted by molar-refractivity contribution is 6.12. The number of carbonyl (C=O) groups is 2. The van der Waals surface area contributed by atoms with E-state index >= 15 is 0 Å². The number of Topliss-reactive ketones (excluding diaryl/α,β-unsaturated/α-hetero) is 1. The van der Waals surface area contributed by atoms with Gasteiger partial charge >= 0.3 is 6.18 Å². The number of benzene rings is 2. The predicted molar refractivity (Wildman–Crippen MR) is 104 cm³/mol. The molecule has 0 aromatic heterocycles. The molecule has 0 spiro atoms. The van der Waals surface area contributed by atoms with Crippen molar-refractivity contribution in [2.75, 3.05) is 32.1 Å². The normalized spacial score (nSPS) is 18.7. The van der Waals surface area contributed by atoms with Gasteiger partial charge in [-0.05, 0) is 25.2 Å². The Morgan fingerprint density at radius 3 is 2.65 bits per heavy atom. The minimum atomic E-state index is -4.51. The second kappa shape index (κ2) is 8.10. The summed E-state index contributed by atoms with van der Waals surface area (Å²) in [6, 6.07) is 6.41. The zero-order valence-electron chi connectivity index (χ0n) is 16.5. The molecule has 10 heteroatoms. The summed E-state index contributed by atoms with van der Waals surface area (Å²) >= 11 is 0. The lowest BCUT2D eigenvalue weighted by atomic mass is 10.1. The second-order valence-corrected chi connectivity index (χ2v) is 7.21. The second-order valence-electron chi connectivity index (χ2n) is 7.21. The van der Waals surface area contributed by atoms with Crippen LogP contribution in [0.15, 0.2) is 36.4 Å².